The SMILES string of the molecule is O=C1OC(=O)c2c3c(c4c(c21)CCc1cc(CO)ccc1-4)-c1ccc(CO)cc1CC3. The smallest absolute Gasteiger partial charge is 0.347 e. The topological polar surface area (TPSA) is 83.8 Å². The number of aliphatic hydroxyl groups excluding tert-OH is 2. The van der Waals surface area contributed by atoms with Crippen LogP contribution in [0.25, 0.3) is 22.3 Å². The molecule has 0 radical (unpaired) electrons. The highest BCUT2D eigenvalue weighted by Crippen LogP contribution is 2.50. The molecule has 31 heavy (non-hydrogen) atoms. The fourth-order valence-corrected chi connectivity index (χ4v) is 5.50. The number of carbonyl (C=O) groups is 2. The van der Waals surface area contributed by atoms with E-state index >= 15 is 0 Å². The number of aryl methyl sites for hydroxylation is 2. The lowest BCUT2D eigenvalue weighted by Gasteiger charge is -2.30. The largest absolute Gasteiger partial charge is 0.392 e. The summed E-state index contributed by atoms with van der Waals surface area (Å²) in [5.74, 6) is -1.09. The molecule has 3 aliphatic rings. The normalized spacial score (nSPS) is 15.5. The van der Waals surface area contributed by atoms with Crippen molar-refractivity contribution in [1.29, 1.82) is 0 Å². The summed E-state index contributed by atoms with van der Waals surface area (Å²) in [6.45, 7) is -0.0357. The molecule has 1 aliphatic heterocycles. The molecule has 1 heterocycles. The molecule has 0 saturated heterocycles. The molecule has 0 bridgehead atoms. The maximum absolute atomic E-state index is 12.7. The quantitative estimate of drug-likeness (QED) is 0.497. The monoisotopic (exact) mass is 412 g/mol. The van der Waals surface area contributed by atoms with Crippen molar-refractivity contribution in [2.45, 2.75) is 38.9 Å². The first-order valence-electron chi connectivity index (χ1n) is 10.5. The minimum Gasteiger partial charge on any atom is -0.392 e. The third kappa shape index (κ3) is 2.51. The Labute approximate surface area is 178 Å². The molecule has 3 aromatic rings. The van der Waals surface area contributed by atoms with Gasteiger partial charge >= 0.3 is 11.9 Å². The molecule has 2 N–H and O–H groups in total. The number of carbonyl (C=O) groups excluding carboxylic acids is 2. The van der Waals surface area contributed by atoms with Crippen LogP contribution in [0, 0.1) is 0 Å². The molecule has 5 heteroatoms. The van der Waals surface area contributed by atoms with Crippen LogP contribution < -0.4 is 0 Å². The Morgan fingerprint density at radius 2 is 1.10 bits per heavy atom. The van der Waals surface area contributed by atoms with Crippen LogP contribution in [0.4, 0.5) is 0 Å². The van der Waals surface area contributed by atoms with E-state index in [1.54, 1.807) is 0 Å². The number of aliphatic hydroxyl groups is 2. The van der Waals surface area contributed by atoms with E-state index in [4.69, 9.17) is 4.74 Å². The van der Waals surface area contributed by atoms with Crippen LogP contribution in [0.3, 0.4) is 0 Å². The van der Waals surface area contributed by atoms with Gasteiger partial charge < -0.3 is 14.9 Å². The summed E-state index contributed by atoms with van der Waals surface area (Å²) in [5.41, 5.74) is 10.7. The second kappa shape index (κ2) is 6.61. The van der Waals surface area contributed by atoms with E-state index < -0.39 is 11.9 Å². The van der Waals surface area contributed by atoms with E-state index in [-0.39, 0.29) is 13.2 Å². The van der Waals surface area contributed by atoms with Crippen molar-refractivity contribution >= 4 is 11.9 Å². The molecule has 0 aromatic heterocycles. The maximum atomic E-state index is 12.7. The van der Waals surface area contributed by atoms with E-state index in [0.717, 1.165) is 68.5 Å². The van der Waals surface area contributed by atoms with Gasteiger partial charge in [0, 0.05) is 0 Å². The molecule has 0 fully saturated rings. The number of benzene rings is 3. The van der Waals surface area contributed by atoms with Crippen molar-refractivity contribution in [3.8, 4) is 22.3 Å². The highest BCUT2D eigenvalue weighted by Gasteiger charge is 2.41. The highest BCUT2D eigenvalue weighted by molar-refractivity contribution is 6.19. The number of rotatable bonds is 2. The van der Waals surface area contributed by atoms with Gasteiger partial charge in [-0.25, -0.2) is 9.59 Å². The van der Waals surface area contributed by atoms with Crippen LogP contribution in [-0.2, 0) is 43.6 Å². The lowest BCUT2D eigenvalue weighted by Crippen LogP contribution is -2.17. The molecule has 0 amide bonds. The van der Waals surface area contributed by atoms with Gasteiger partial charge in [-0.1, -0.05) is 36.4 Å². The van der Waals surface area contributed by atoms with Crippen molar-refractivity contribution in [1.82, 2.24) is 0 Å². The minimum absolute atomic E-state index is 0.0178. The third-order valence-electron chi connectivity index (χ3n) is 6.83. The van der Waals surface area contributed by atoms with Gasteiger partial charge in [-0.2, -0.15) is 0 Å². The molecular weight excluding hydrogens is 392 g/mol. The van der Waals surface area contributed by atoms with Crippen molar-refractivity contribution in [3.63, 3.8) is 0 Å². The molecule has 5 nitrogen and oxygen atoms in total. The Morgan fingerprint density at radius 1 is 0.645 bits per heavy atom. The zero-order valence-corrected chi connectivity index (χ0v) is 16.8. The Bertz CT molecular complexity index is 1220. The van der Waals surface area contributed by atoms with Gasteiger partial charge in [0.05, 0.1) is 24.3 Å². The number of hydrogen-bond acceptors (Lipinski definition) is 5. The van der Waals surface area contributed by atoms with Crippen LogP contribution in [-0.4, -0.2) is 22.2 Å². The summed E-state index contributed by atoms with van der Waals surface area (Å²) in [7, 11) is 0. The summed E-state index contributed by atoms with van der Waals surface area (Å²) in [6.07, 6.45) is 2.75. The Hall–Kier alpha value is -3.28. The number of esters is 2. The van der Waals surface area contributed by atoms with E-state index in [1.165, 1.54) is 0 Å². The van der Waals surface area contributed by atoms with E-state index in [0.29, 0.717) is 24.0 Å². The maximum Gasteiger partial charge on any atom is 0.347 e. The minimum atomic E-state index is -0.545. The average Bonchev–Trinajstić information content (AvgIpc) is 3.11. The van der Waals surface area contributed by atoms with Crippen molar-refractivity contribution in [2.24, 2.45) is 0 Å². The molecule has 0 saturated carbocycles. The van der Waals surface area contributed by atoms with Crippen LogP contribution in [0.5, 0.6) is 0 Å². The summed E-state index contributed by atoms with van der Waals surface area (Å²) in [5, 5.41) is 19.2. The Morgan fingerprint density at radius 3 is 1.52 bits per heavy atom. The summed E-state index contributed by atoms with van der Waals surface area (Å²) in [6, 6.07) is 11.9. The van der Waals surface area contributed by atoms with Gasteiger partial charge in [0.2, 0.25) is 0 Å². The van der Waals surface area contributed by atoms with Gasteiger partial charge in [-0.3, -0.25) is 0 Å². The fraction of sp³-hybridized carbons (Fsp3) is 0.231. The first-order valence-corrected chi connectivity index (χ1v) is 10.5. The molecule has 0 unspecified atom stereocenters. The van der Waals surface area contributed by atoms with Crippen LogP contribution in [0.2, 0.25) is 0 Å². The second-order valence-corrected chi connectivity index (χ2v) is 8.43. The standard InChI is InChI=1S/C26H20O5/c27-11-13-1-5-17-15(9-13)3-7-19-21(17)22-18-6-2-14(12-28)10-16(18)4-8-20(22)24-23(19)25(29)31-26(24)30/h1-2,5-6,9-10,27-28H,3-4,7-8,11-12H2. The van der Waals surface area contributed by atoms with E-state index in [2.05, 4.69) is 0 Å². The summed E-state index contributed by atoms with van der Waals surface area (Å²) in [4.78, 5) is 25.3. The van der Waals surface area contributed by atoms with Gasteiger partial charge in [0.25, 0.3) is 0 Å². The molecule has 6 rings (SSSR count). The van der Waals surface area contributed by atoms with E-state index in [1.807, 2.05) is 36.4 Å². The van der Waals surface area contributed by atoms with Gasteiger partial charge in [-0.15, -0.1) is 0 Å². The zero-order chi connectivity index (χ0) is 21.3. The number of cyclic esters (lactones) is 2. The molecular formula is C26H20O5. The van der Waals surface area contributed by atoms with E-state index in [9.17, 15) is 19.8 Å². The average molecular weight is 412 g/mol. The number of hydrogen-bond donors (Lipinski definition) is 2. The lowest BCUT2D eigenvalue weighted by molar-refractivity contribution is 0.0443. The molecule has 154 valence electrons. The van der Waals surface area contributed by atoms with Crippen LogP contribution in [0.1, 0.15) is 54.1 Å². The first-order chi connectivity index (χ1) is 15.1. The number of fused-ring (bicyclic) bond motifs is 10. The predicted molar refractivity (Wildman–Crippen MR) is 114 cm³/mol. The highest BCUT2D eigenvalue weighted by atomic mass is 16.6. The van der Waals surface area contributed by atoms with Gasteiger partial charge in [-0.05, 0) is 81.3 Å². The zero-order valence-electron chi connectivity index (χ0n) is 16.8. The Kier molecular flexibility index (Phi) is 3.94. The molecule has 0 atom stereocenters. The number of ether oxygens (including phenoxy) is 1. The summed E-state index contributed by atoms with van der Waals surface area (Å²) >= 11 is 0. The van der Waals surface area contributed by atoms with Gasteiger partial charge in [0.1, 0.15) is 0 Å². The second-order valence-electron chi connectivity index (χ2n) is 8.43. The lowest BCUT2D eigenvalue weighted by atomic mass is 9.72. The summed E-state index contributed by atoms with van der Waals surface area (Å²) < 4.78 is 5.07. The van der Waals surface area contributed by atoms with Crippen molar-refractivity contribution < 1.29 is 24.5 Å². The Balaban J connectivity index is 1.73. The van der Waals surface area contributed by atoms with Crippen molar-refractivity contribution in [2.75, 3.05) is 0 Å². The molecule has 3 aromatic carbocycles. The molecule has 2 aliphatic carbocycles. The van der Waals surface area contributed by atoms with Gasteiger partial charge in [0.15, 0.2) is 0 Å². The van der Waals surface area contributed by atoms with Crippen LogP contribution >= 0.6 is 0 Å². The van der Waals surface area contributed by atoms with Crippen LogP contribution in [0.15, 0.2) is 36.4 Å². The predicted octanol–water partition coefficient (Wildman–Crippen LogP) is 3.51. The van der Waals surface area contributed by atoms with Crippen molar-refractivity contribution in [3.05, 3.63) is 80.9 Å². The fourth-order valence-electron chi connectivity index (χ4n) is 5.50. The first kappa shape index (κ1) is 18.5. The molecule has 0 spiro atoms. The third-order valence-corrected chi connectivity index (χ3v) is 6.83.